The van der Waals surface area contributed by atoms with E-state index < -0.39 is 0 Å². The maximum absolute atomic E-state index is 12.5. The van der Waals surface area contributed by atoms with Gasteiger partial charge in [-0.05, 0) is 37.5 Å². The summed E-state index contributed by atoms with van der Waals surface area (Å²) < 4.78 is 1.05. The van der Waals surface area contributed by atoms with Crippen molar-refractivity contribution >= 4 is 55.0 Å². The molecule has 9 heteroatoms. The molecular weight excluding hydrogens is 394 g/mol. The van der Waals surface area contributed by atoms with Crippen molar-refractivity contribution in [3.8, 4) is 0 Å². The molecule has 0 aliphatic carbocycles. The number of nitrogens with two attached hydrogens (primary N) is 1. The summed E-state index contributed by atoms with van der Waals surface area (Å²) in [4.78, 5) is 35.3. The molecule has 1 aromatic carbocycles. The molecule has 1 atom stereocenters. The van der Waals surface area contributed by atoms with Crippen LogP contribution in [0, 0.1) is 12.8 Å². The average molecular weight is 416 g/mol. The van der Waals surface area contributed by atoms with Gasteiger partial charge in [0.1, 0.15) is 0 Å². The fraction of sp³-hybridized carbons (Fsp3) is 0.368. The third-order valence-electron chi connectivity index (χ3n) is 4.74. The Bertz CT molecular complexity index is 1030. The molecule has 28 heavy (non-hydrogen) atoms. The van der Waals surface area contributed by atoms with Crippen LogP contribution in [-0.2, 0) is 16.0 Å². The number of hydrogen-bond donors (Lipinski definition) is 2. The van der Waals surface area contributed by atoms with Crippen molar-refractivity contribution in [2.24, 2.45) is 5.92 Å². The highest BCUT2D eigenvalue weighted by Gasteiger charge is 2.36. The van der Waals surface area contributed by atoms with Crippen LogP contribution >= 0.6 is 22.7 Å². The first-order valence-electron chi connectivity index (χ1n) is 9.15. The van der Waals surface area contributed by atoms with Crippen LogP contribution < -0.4 is 16.0 Å². The first kappa shape index (κ1) is 18.8. The van der Waals surface area contributed by atoms with Gasteiger partial charge in [-0.3, -0.25) is 14.5 Å². The molecule has 1 unspecified atom stereocenters. The topological polar surface area (TPSA) is 101 Å². The monoisotopic (exact) mass is 415 g/mol. The highest BCUT2D eigenvalue weighted by atomic mass is 32.1. The van der Waals surface area contributed by atoms with Crippen LogP contribution in [0.5, 0.6) is 0 Å². The van der Waals surface area contributed by atoms with E-state index in [-0.39, 0.29) is 24.2 Å². The van der Waals surface area contributed by atoms with E-state index in [1.807, 2.05) is 24.4 Å². The van der Waals surface area contributed by atoms with E-state index in [2.05, 4.69) is 21.4 Å². The molecule has 1 fully saturated rings. The summed E-state index contributed by atoms with van der Waals surface area (Å²) >= 11 is 2.91. The second-order valence-electron chi connectivity index (χ2n) is 6.94. The Morgan fingerprint density at radius 3 is 3.04 bits per heavy atom. The van der Waals surface area contributed by atoms with Gasteiger partial charge >= 0.3 is 0 Å². The zero-order chi connectivity index (χ0) is 19.7. The van der Waals surface area contributed by atoms with Crippen molar-refractivity contribution in [3.05, 3.63) is 34.8 Å². The van der Waals surface area contributed by atoms with Gasteiger partial charge in [-0.2, -0.15) is 0 Å². The minimum absolute atomic E-state index is 0.0473. The van der Waals surface area contributed by atoms with Crippen LogP contribution in [0.4, 0.5) is 10.3 Å². The van der Waals surface area contributed by atoms with Crippen molar-refractivity contribution in [1.82, 2.24) is 15.3 Å². The number of hydrogen-bond acceptors (Lipinski definition) is 7. The van der Waals surface area contributed by atoms with Crippen molar-refractivity contribution < 1.29 is 9.59 Å². The molecule has 7 nitrogen and oxygen atoms in total. The van der Waals surface area contributed by atoms with E-state index in [0.717, 1.165) is 34.3 Å². The molecule has 2 amide bonds. The summed E-state index contributed by atoms with van der Waals surface area (Å²) in [5, 5.41) is 6.10. The molecule has 4 rings (SSSR count). The molecule has 0 saturated carbocycles. The van der Waals surface area contributed by atoms with Crippen molar-refractivity contribution in [2.45, 2.75) is 26.2 Å². The third kappa shape index (κ3) is 4.00. The molecule has 1 aliphatic rings. The summed E-state index contributed by atoms with van der Waals surface area (Å²) in [5.41, 5.74) is 8.61. The summed E-state index contributed by atoms with van der Waals surface area (Å²) in [6.45, 7) is 2.97. The van der Waals surface area contributed by atoms with E-state index in [1.165, 1.54) is 22.7 Å². The number of carbonyl (C=O) groups is 2. The van der Waals surface area contributed by atoms with Gasteiger partial charge in [-0.15, -0.1) is 11.3 Å². The molecule has 0 radical (unpaired) electrons. The van der Waals surface area contributed by atoms with Crippen LogP contribution in [0.2, 0.25) is 0 Å². The molecule has 1 saturated heterocycles. The average Bonchev–Trinajstić information content (AvgIpc) is 3.36. The van der Waals surface area contributed by atoms with Crippen molar-refractivity contribution in [2.75, 3.05) is 23.7 Å². The maximum atomic E-state index is 12.5. The highest BCUT2D eigenvalue weighted by molar-refractivity contribution is 7.22. The van der Waals surface area contributed by atoms with Gasteiger partial charge in [0, 0.05) is 24.9 Å². The zero-order valence-corrected chi connectivity index (χ0v) is 17.1. The first-order chi connectivity index (χ1) is 13.5. The van der Waals surface area contributed by atoms with Crippen LogP contribution in [0.15, 0.2) is 23.6 Å². The Labute approximate surface area is 170 Å². The summed E-state index contributed by atoms with van der Waals surface area (Å²) in [6, 6.07) is 6.04. The Morgan fingerprint density at radius 1 is 1.39 bits per heavy atom. The Hall–Kier alpha value is -2.52. The molecule has 3 aromatic rings. The minimum atomic E-state index is -0.337. The minimum Gasteiger partial charge on any atom is -0.375 e. The number of anilines is 2. The Morgan fingerprint density at radius 2 is 2.25 bits per heavy atom. The molecule has 0 bridgehead atoms. The number of benzene rings is 1. The summed E-state index contributed by atoms with van der Waals surface area (Å²) in [6.07, 6.45) is 1.79. The fourth-order valence-corrected chi connectivity index (χ4v) is 4.95. The van der Waals surface area contributed by atoms with Gasteiger partial charge < -0.3 is 11.1 Å². The molecule has 146 valence electrons. The van der Waals surface area contributed by atoms with E-state index in [4.69, 9.17) is 5.73 Å². The second-order valence-corrected chi connectivity index (χ2v) is 8.84. The molecule has 3 N–H and O–H groups in total. The Balaban J connectivity index is 1.32. The van der Waals surface area contributed by atoms with E-state index in [1.54, 1.807) is 4.90 Å². The zero-order valence-electron chi connectivity index (χ0n) is 15.5. The van der Waals surface area contributed by atoms with Crippen LogP contribution in [-0.4, -0.2) is 34.9 Å². The van der Waals surface area contributed by atoms with Crippen LogP contribution in [0.1, 0.15) is 24.1 Å². The number of rotatable bonds is 6. The lowest BCUT2D eigenvalue weighted by Crippen LogP contribution is -2.33. The normalized spacial score (nSPS) is 16.8. The van der Waals surface area contributed by atoms with Crippen molar-refractivity contribution in [1.29, 1.82) is 0 Å². The molecular formula is C19H21N5O2S2. The van der Waals surface area contributed by atoms with Gasteiger partial charge in [0.15, 0.2) is 10.3 Å². The first-order valence-corrected chi connectivity index (χ1v) is 10.8. The SMILES string of the molecule is Cc1ccc2nc(N3CC(C(=O)NCCCc4csc(N)n4)CC3=O)sc2c1. The molecule has 0 spiro atoms. The number of carbonyl (C=O) groups excluding carboxylic acids is 2. The fourth-order valence-electron chi connectivity index (χ4n) is 3.27. The van der Waals surface area contributed by atoms with E-state index >= 15 is 0 Å². The number of thiazole rings is 2. The lowest BCUT2D eigenvalue weighted by atomic mass is 10.1. The second kappa shape index (κ2) is 7.84. The number of fused-ring (bicyclic) bond motifs is 1. The third-order valence-corrected chi connectivity index (χ3v) is 6.50. The number of aromatic nitrogens is 2. The van der Waals surface area contributed by atoms with Gasteiger partial charge in [0.25, 0.3) is 0 Å². The van der Waals surface area contributed by atoms with Gasteiger partial charge in [0.2, 0.25) is 11.8 Å². The number of nitrogens with zero attached hydrogens (tertiary/aromatic N) is 3. The van der Waals surface area contributed by atoms with Crippen LogP contribution in [0.25, 0.3) is 10.2 Å². The van der Waals surface area contributed by atoms with Crippen LogP contribution in [0.3, 0.4) is 0 Å². The Kier molecular flexibility index (Phi) is 5.27. The molecule has 1 aliphatic heterocycles. The number of aryl methyl sites for hydroxylation is 2. The van der Waals surface area contributed by atoms with Crippen molar-refractivity contribution in [3.63, 3.8) is 0 Å². The number of nitrogens with one attached hydrogen (secondary N) is 1. The van der Waals surface area contributed by atoms with Gasteiger partial charge in [-0.1, -0.05) is 17.4 Å². The van der Waals surface area contributed by atoms with Gasteiger partial charge in [0.05, 0.1) is 21.8 Å². The molecule has 3 heterocycles. The van der Waals surface area contributed by atoms with E-state index in [0.29, 0.717) is 23.4 Å². The maximum Gasteiger partial charge on any atom is 0.229 e. The summed E-state index contributed by atoms with van der Waals surface area (Å²) in [7, 11) is 0. The predicted octanol–water partition coefficient (Wildman–Crippen LogP) is 2.75. The van der Waals surface area contributed by atoms with E-state index in [9.17, 15) is 9.59 Å². The highest BCUT2D eigenvalue weighted by Crippen LogP contribution is 2.33. The quantitative estimate of drug-likeness (QED) is 0.603. The lowest BCUT2D eigenvalue weighted by molar-refractivity contribution is -0.126. The number of amides is 2. The predicted molar refractivity (Wildman–Crippen MR) is 113 cm³/mol. The van der Waals surface area contributed by atoms with Gasteiger partial charge in [-0.25, -0.2) is 9.97 Å². The number of nitrogen functional groups attached to an aromatic ring is 1. The summed E-state index contributed by atoms with van der Waals surface area (Å²) in [5.74, 6) is -0.462. The lowest BCUT2D eigenvalue weighted by Gasteiger charge is -2.13. The molecule has 2 aromatic heterocycles. The smallest absolute Gasteiger partial charge is 0.229 e. The standard InChI is InChI=1S/C19H21N5O2S2/c1-11-4-5-14-15(7-11)28-19(23-14)24-9-12(8-16(24)25)17(26)21-6-2-3-13-10-27-18(20)22-13/h4-5,7,10,12H,2-3,6,8-9H2,1H3,(H2,20,22)(H,21,26). The largest absolute Gasteiger partial charge is 0.375 e.